The zero-order valence-corrected chi connectivity index (χ0v) is 12.9. The summed E-state index contributed by atoms with van der Waals surface area (Å²) in [7, 11) is 2.13. The van der Waals surface area contributed by atoms with Gasteiger partial charge in [0.15, 0.2) is 0 Å². The molecule has 18 heavy (non-hydrogen) atoms. The molecule has 0 unspecified atom stereocenters. The first-order valence-corrected chi connectivity index (χ1v) is 6.92. The largest absolute Gasteiger partial charge is 0.374 e. The first kappa shape index (κ1) is 15.3. The third kappa shape index (κ3) is 4.51. The molecule has 0 amide bonds. The molecule has 0 fully saturated rings. The third-order valence-electron chi connectivity index (χ3n) is 2.77. The lowest BCUT2D eigenvalue weighted by molar-refractivity contribution is 0.418. The first-order chi connectivity index (χ1) is 8.35. The van der Waals surface area contributed by atoms with Gasteiger partial charge in [0.25, 0.3) is 0 Å². The van der Waals surface area contributed by atoms with Gasteiger partial charge in [0.2, 0.25) is 0 Å². The lowest BCUT2D eigenvalue weighted by Gasteiger charge is -2.30. The van der Waals surface area contributed by atoms with Gasteiger partial charge < -0.3 is 10.2 Å². The van der Waals surface area contributed by atoms with Crippen molar-refractivity contribution in [3.8, 4) is 0 Å². The van der Waals surface area contributed by atoms with E-state index >= 15 is 0 Å². The zero-order valence-electron chi connectivity index (χ0n) is 12.2. The first-order valence-electron chi connectivity index (χ1n) is 6.54. The van der Waals surface area contributed by atoms with Crippen LogP contribution < -0.4 is 10.2 Å². The van der Waals surface area contributed by atoms with Crippen LogP contribution in [-0.2, 0) is 6.54 Å². The summed E-state index contributed by atoms with van der Waals surface area (Å²) in [6.45, 7) is 11.6. The molecule has 1 aromatic carbocycles. The van der Waals surface area contributed by atoms with Crippen LogP contribution in [0.4, 0.5) is 5.69 Å². The summed E-state index contributed by atoms with van der Waals surface area (Å²) < 4.78 is 0. The highest BCUT2D eigenvalue weighted by Crippen LogP contribution is 2.28. The Morgan fingerprint density at radius 2 is 1.94 bits per heavy atom. The van der Waals surface area contributed by atoms with Gasteiger partial charge in [0, 0.05) is 36.4 Å². The van der Waals surface area contributed by atoms with E-state index in [0.717, 1.165) is 24.7 Å². The minimum atomic E-state index is 0.270. The Kier molecular flexibility index (Phi) is 5.48. The minimum Gasteiger partial charge on any atom is -0.374 e. The van der Waals surface area contributed by atoms with Crippen LogP contribution in [-0.4, -0.2) is 20.1 Å². The summed E-state index contributed by atoms with van der Waals surface area (Å²) in [5, 5.41) is 4.19. The molecule has 3 heteroatoms. The Morgan fingerprint density at radius 1 is 1.28 bits per heavy atom. The van der Waals surface area contributed by atoms with Crippen LogP contribution in [0.2, 0.25) is 5.02 Å². The van der Waals surface area contributed by atoms with E-state index in [-0.39, 0.29) is 5.41 Å². The fourth-order valence-corrected chi connectivity index (χ4v) is 2.36. The molecule has 102 valence electrons. The molecule has 0 aliphatic carbocycles. The third-order valence-corrected chi connectivity index (χ3v) is 3.12. The van der Waals surface area contributed by atoms with Gasteiger partial charge in [-0.25, -0.2) is 0 Å². The van der Waals surface area contributed by atoms with Crippen LogP contribution in [0.5, 0.6) is 0 Å². The number of hydrogen-bond donors (Lipinski definition) is 1. The number of hydrogen-bond acceptors (Lipinski definition) is 2. The molecule has 0 radical (unpaired) electrons. The summed E-state index contributed by atoms with van der Waals surface area (Å²) in [5.74, 6) is 0. The average molecular weight is 269 g/mol. The quantitative estimate of drug-likeness (QED) is 0.870. The van der Waals surface area contributed by atoms with E-state index in [1.165, 1.54) is 11.3 Å². The maximum Gasteiger partial charge on any atom is 0.0471 e. The molecule has 0 spiro atoms. The van der Waals surface area contributed by atoms with Crippen molar-refractivity contribution >= 4 is 17.3 Å². The van der Waals surface area contributed by atoms with Gasteiger partial charge >= 0.3 is 0 Å². The van der Waals surface area contributed by atoms with Crippen LogP contribution in [0.3, 0.4) is 0 Å². The lowest BCUT2D eigenvalue weighted by Crippen LogP contribution is -2.30. The van der Waals surface area contributed by atoms with E-state index in [9.17, 15) is 0 Å². The van der Waals surface area contributed by atoms with Gasteiger partial charge in [-0.05, 0) is 24.1 Å². The van der Waals surface area contributed by atoms with Crippen molar-refractivity contribution < 1.29 is 0 Å². The van der Waals surface area contributed by atoms with Crippen molar-refractivity contribution in [2.45, 2.75) is 34.2 Å². The molecule has 1 rings (SSSR count). The molecule has 0 saturated carbocycles. The van der Waals surface area contributed by atoms with Gasteiger partial charge in [-0.1, -0.05) is 45.4 Å². The van der Waals surface area contributed by atoms with Gasteiger partial charge in [-0.2, -0.15) is 0 Å². The standard InChI is InChI=1S/C15H25ClN2/c1-6-17-10-12-13(16)8-7-9-14(12)18(5)11-15(2,3)4/h7-9,17H,6,10-11H2,1-5H3. The second kappa shape index (κ2) is 6.44. The molecular formula is C15H25ClN2. The lowest BCUT2D eigenvalue weighted by atomic mass is 9.95. The average Bonchev–Trinajstić information content (AvgIpc) is 2.24. The predicted molar refractivity (Wildman–Crippen MR) is 81.6 cm³/mol. The molecule has 2 nitrogen and oxygen atoms in total. The summed E-state index contributed by atoms with van der Waals surface area (Å²) in [6.07, 6.45) is 0. The van der Waals surface area contributed by atoms with Crippen LogP contribution >= 0.6 is 11.6 Å². The van der Waals surface area contributed by atoms with E-state index in [2.05, 4.69) is 51.0 Å². The second-order valence-electron chi connectivity index (χ2n) is 5.93. The van der Waals surface area contributed by atoms with E-state index in [0.29, 0.717) is 0 Å². The molecule has 0 saturated heterocycles. The van der Waals surface area contributed by atoms with E-state index in [1.54, 1.807) is 0 Å². The molecule has 0 atom stereocenters. The fourth-order valence-electron chi connectivity index (χ4n) is 2.13. The summed E-state index contributed by atoms with van der Waals surface area (Å²) in [6, 6.07) is 6.12. The molecule has 1 N–H and O–H groups in total. The molecule has 0 aliphatic rings. The second-order valence-corrected chi connectivity index (χ2v) is 6.34. The van der Waals surface area contributed by atoms with E-state index in [4.69, 9.17) is 11.6 Å². The zero-order chi connectivity index (χ0) is 13.8. The molecule has 0 aliphatic heterocycles. The summed E-state index contributed by atoms with van der Waals surface area (Å²) >= 11 is 6.31. The topological polar surface area (TPSA) is 15.3 Å². The number of benzene rings is 1. The van der Waals surface area contributed by atoms with Crippen LogP contribution in [0.25, 0.3) is 0 Å². The number of rotatable bonds is 5. The Bertz CT molecular complexity index is 383. The highest BCUT2D eigenvalue weighted by atomic mass is 35.5. The fraction of sp³-hybridized carbons (Fsp3) is 0.600. The van der Waals surface area contributed by atoms with Crippen LogP contribution in [0.15, 0.2) is 18.2 Å². The number of anilines is 1. The smallest absolute Gasteiger partial charge is 0.0471 e. The SMILES string of the molecule is CCNCc1c(Cl)cccc1N(C)CC(C)(C)C. The Balaban J connectivity index is 2.96. The Hall–Kier alpha value is -0.730. The van der Waals surface area contributed by atoms with Crippen LogP contribution in [0, 0.1) is 5.41 Å². The van der Waals surface area contributed by atoms with Crippen molar-refractivity contribution in [2.24, 2.45) is 5.41 Å². The van der Waals surface area contributed by atoms with Gasteiger partial charge in [-0.15, -0.1) is 0 Å². The minimum absolute atomic E-state index is 0.270. The highest BCUT2D eigenvalue weighted by Gasteiger charge is 2.17. The van der Waals surface area contributed by atoms with Gasteiger partial charge in [0.05, 0.1) is 0 Å². The normalized spacial score (nSPS) is 11.7. The van der Waals surface area contributed by atoms with Crippen molar-refractivity contribution in [1.82, 2.24) is 5.32 Å². The number of nitrogens with zero attached hydrogens (tertiary/aromatic N) is 1. The summed E-state index contributed by atoms with van der Waals surface area (Å²) in [5.41, 5.74) is 2.68. The van der Waals surface area contributed by atoms with Crippen molar-refractivity contribution in [3.63, 3.8) is 0 Å². The predicted octanol–water partition coefficient (Wildman–Crippen LogP) is 3.93. The van der Waals surface area contributed by atoms with Crippen LogP contribution in [0.1, 0.15) is 33.3 Å². The number of nitrogens with one attached hydrogen (secondary N) is 1. The van der Waals surface area contributed by atoms with Crippen molar-refractivity contribution in [1.29, 1.82) is 0 Å². The van der Waals surface area contributed by atoms with Gasteiger partial charge in [0.1, 0.15) is 0 Å². The van der Waals surface area contributed by atoms with E-state index in [1.807, 2.05) is 12.1 Å². The van der Waals surface area contributed by atoms with Crippen molar-refractivity contribution in [2.75, 3.05) is 25.0 Å². The molecule has 1 aromatic rings. The highest BCUT2D eigenvalue weighted by molar-refractivity contribution is 6.31. The Morgan fingerprint density at radius 3 is 2.50 bits per heavy atom. The molecule has 0 heterocycles. The number of halogens is 1. The summed E-state index contributed by atoms with van der Waals surface area (Å²) in [4.78, 5) is 2.29. The molecular weight excluding hydrogens is 244 g/mol. The molecule has 0 aromatic heterocycles. The molecule has 0 bridgehead atoms. The van der Waals surface area contributed by atoms with Crippen molar-refractivity contribution in [3.05, 3.63) is 28.8 Å². The van der Waals surface area contributed by atoms with E-state index < -0.39 is 0 Å². The maximum absolute atomic E-state index is 6.31. The monoisotopic (exact) mass is 268 g/mol. The maximum atomic E-state index is 6.31. The van der Waals surface area contributed by atoms with Gasteiger partial charge in [-0.3, -0.25) is 0 Å². The Labute approximate surface area is 116 Å².